The van der Waals surface area contributed by atoms with E-state index < -0.39 is 40.8 Å². The number of ketones is 1. The van der Waals surface area contributed by atoms with Crippen molar-refractivity contribution in [3.05, 3.63) is 51.3 Å². The van der Waals surface area contributed by atoms with E-state index in [1.807, 2.05) is 0 Å². The number of carbonyl (C=O) groups is 3. The first-order chi connectivity index (χ1) is 11.2. The summed E-state index contributed by atoms with van der Waals surface area (Å²) in [5.74, 6) is -3.68. The number of aliphatic hydroxyl groups excluding tert-OH is 1. The molecule has 1 aliphatic heterocycles. The van der Waals surface area contributed by atoms with E-state index in [-0.39, 0.29) is 23.4 Å². The van der Waals surface area contributed by atoms with Gasteiger partial charge in [-0.2, -0.15) is 0 Å². The number of hydrogen-bond acceptors (Lipinski definition) is 7. The Hall–Kier alpha value is -3.23. The van der Waals surface area contributed by atoms with E-state index >= 15 is 0 Å². The van der Waals surface area contributed by atoms with Crippen molar-refractivity contribution >= 4 is 23.3 Å². The van der Waals surface area contributed by atoms with Crippen LogP contribution in [0.25, 0.3) is 0 Å². The molecule has 0 saturated carbocycles. The van der Waals surface area contributed by atoms with Crippen LogP contribution in [-0.4, -0.2) is 39.1 Å². The Labute approximate surface area is 136 Å². The number of Topliss-reactive ketones (excluding diaryl/α,β-unsaturated/α-hetero) is 1. The molecular formula is C15H13N2O7-. The second-order valence-corrected chi connectivity index (χ2v) is 5.19. The van der Waals surface area contributed by atoms with E-state index in [0.29, 0.717) is 0 Å². The first-order valence-electron chi connectivity index (χ1n) is 6.93. The van der Waals surface area contributed by atoms with E-state index in [9.17, 15) is 34.7 Å². The van der Waals surface area contributed by atoms with Crippen LogP contribution in [0.15, 0.2) is 35.6 Å². The van der Waals surface area contributed by atoms with Gasteiger partial charge in [-0.15, -0.1) is 0 Å². The summed E-state index contributed by atoms with van der Waals surface area (Å²) in [5.41, 5.74) is -0.252. The largest absolute Gasteiger partial charge is 0.550 e. The Balaban J connectivity index is 2.52. The number of nitro benzene ring substituents is 1. The molecule has 0 fully saturated rings. The third-order valence-corrected chi connectivity index (χ3v) is 3.64. The fraction of sp³-hybridized carbons (Fsp3) is 0.267. The molecular weight excluding hydrogens is 320 g/mol. The second kappa shape index (κ2) is 6.49. The summed E-state index contributed by atoms with van der Waals surface area (Å²) in [6.45, 7) is 0.834. The van der Waals surface area contributed by atoms with Gasteiger partial charge in [-0.3, -0.25) is 19.7 Å². The maximum atomic E-state index is 12.2. The van der Waals surface area contributed by atoms with Gasteiger partial charge < -0.3 is 19.9 Å². The Morgan fingerprint density at radius 1 is 1.38 bits per heavy atom. The summed E-state index contributed by atoms with van der Waals surface area (Å²) in [7, 11) is 0. The number of non-ortho nitro benzene ring substituents is 1. The highest BCUT2D eigenvalue weighted by atomic mass is 16.6. The van der Waals surface area contributed by atoms with Crippen molar-refractivity contribution in [2.24, 2.45) is 0 Å². The summed E-state index contributed by atoms with van der Waals surface area (Å²) in [6, 6.07) is 4.16. The van der Waals surface area contributed by atoms with Crippen LogP contribution in [0.2, 0.25) is 0 Å². The van der Waals surface area contributed by atoms with Crippen molar-refractivity contribution in [3.8, 4) is 0 Å². The maximum absolute atomic E-state index is 12.2. The number of rotatable bonds is 6. The first kappa shape index (κ1) is 17.1. The van der Waals surface area contributed by atoms with E-state index in [1.54, 1.807) is 0 Å². The molecule has 2 rings (SSSR count). The molecule has 1 N–H and O–H groups in total. The van der Waals surface area contributed by atoms with Gasteiger partial charge in [0, 0.05) is 31.1 Å². The van der Waals surface area contributed by atoms with E-state index in [1.165, 1.54) is 24.3 Å². The molecule has 0 aliphatic carbocycles. The van der Waals surface area contributed by atoms with Gasteiger partial charge in [0.15, 0.2) is 11.5 Å². The summed E-state index contributed by atoms with van der Waals surface area (Å²) in [4.78, 5) is 45.9. The van der Waals surface area contributed by atoms with Crippen molar-refractivity contribution in [1.82, 2.24) is 4.90 Å². The van der Waals surface area contributed by atoms with Gasteiger partial charge in [0.2, 0.25) is 0 Å². The lowest BCUT2D eigenvalue weighted by Gasteiger charge is -2.26. The highest BCUT2D eigenvalue weighted by Gasteiger charge is 2.42. The van der Waals surface area contributed by atoms with Crippen LogP contribution >= 0.6 is 0 Å². The van der Waals surface area contributed by atoms with E-state index in [0.717, 1.165) is 11.8 Å². The van der Waals surface area contributed by atoms with Crippen molar-refractivity contribution in [2.45, 2.75) is 19.4 Å². The predicted molar refractivity (Wildman–Crippen MR) is 77.5 cm³/mol. The summed E-state index contributed by atoms with van der Waals surface area (Å²) >= 11 is 0. The quantitative estimate of drug-likeness (QED) is 0.571. The SMILES string of the molecule is CC(=O)C1=C(O)C(=O)N(CCC(=O)[O-])C1c1cccc([N+](=O)[O-])c1. The maximum Gasteiger partial charge on any atom is 0.290 e. The third kappa shape index (κ3) is 3.09. The van der Waals surface area contributed by atoms with Crippen LogP contribution in [-0.2, 0) is 14.4 Å². The minimum absolute atomic E-state index is 0.223. The number of aliphatic hydroxyl groups is 1. The lowest BCUT2D eigenvalue weighted by molar-refractivity contribution is -0.384. The number of carbonyl (C=O) groups excluding carboxylic acids is 3. The van der Waals surface area contributed by atoms with Crippen molar-refractivity contribution in [3.63, 3.8) is 0 Å². The van der Waals surface area contributed by atoms with Gasteiger partial charge in [-0.05, 0) is 12.5 Å². The molecule has 0 radical (unpaired) electrons. The molecule has 1 heterocycles. The molecule has 1 aromatic carbocycles. The zero-order valence-corrected chi connectivity index (χ0v) is 12.6. The lowest BCUT2D eigenvalue weighted by Crippen LogP contribution is -2.35. The Morgan fingerprint density at radius 3 is 2.58 bits per heavy atom. The minimum atomic E-state index is -1.41. The van der Waals surface area contributed by atoms with Gasteiger partial charge in [-0.25, -0.2) is 0 Å². The van der Waals surface area contributed by atoms with Crippen LogP contribution < -0.4 is 5.11 Å². The van der Waals surface area contributed by atoms with Gasteiger partial charge in [-0.1, -0.05) is 12.1 Å². The van der Waals surface area contributed by atoms with Crippen LogP contribution in [0.3, 0.4) is 0 Å². The predicted octanol–water partition coefficient (Wildman–Crippen LogP) is 0.0192. The molecule has 0 spiro atoms. The highest BCUT2D eigenvalue weighted by Crippen LogP contribution is 2.38. The van der Waals surface area contributed by atoms with E-state index in [4.69, 9.17) is 0 Å². The zero-order chi connectivity index (χ0) is 18.0. The molecule has 1 aromatic rings. The van der Waals surface area contributed by atoms with Gasteiger partial charge >= 0.3 is 0 Å². The molecule has 1 unspecified atom stereocenters. The number of amides is 1. The summed E-state index contributed by atoms with van der Waals surface area (Å²) < 4.78 is 0. The molecule has 9 nitrogen and oxygen atoms in total. The van der Waals surface area contributed by atoms with E-state index in [2.05, 4.69) is 0 Å². The Kier molecular flexibility index (Phi) is 4.63. The smallest absolute Gasteiger partial charge is 0.290 e. The number of nitrogens with zero attached hydrogens (tertiary/aromatic N) is 2. The van der Waals surface area contributed by atoms with Gasteiger partial charge in [0.1, 0.15) is 0 Å². The molecule has 1 amide bonds. The number of hydrogen-bond donors (Lipinski definition) is 1. The molecule has 1 aliphatic rings. The molecule has 0 saturated heterocycles. The average Bonchev–Trinajstić information content (AvgIpc) is 2.77. The monoisotopic (exact) mass is 333 g/mol. The third-order valence-electron chi connectivity index (χ3n) is 3.64. The van der Waals surface area contributed by atoms with Crippen molar-refractivity contribution < 1.29 is 29.5 Å². The molecule has 126 valence electrons. The zero-order valence-electron chi connectivity index (χ0n) is 12.6. The molecule has 24 heavy (non-hydrogen) atoms. The summed E-state index contributed by atoms with van der Waals surface area (Å²) in [5, 5.41) is 31.5. The van der Waals surface area contributed by atoms with Gasteiger partial charge in [0.25, 0.3) is 11.6 Å². The number of carboxylic acids is 1. The average molecular weight is 333 g/mol. The van der Waals surface area contributed by atoms with Crippen LogP contribution in [0.5, 0.6) is 0 Å². The molecule has 1 atom stereocenters. The fourth-order valence-corrected chi connectivity index (χ4v) is 2.61. The van der Waals surface area contributed by atoms with Crippen LogP contribution in [0.4, 0.5) is 5.69 Å². The Morgan fingerprint density at radius 2 is 2.04 bits per heavy atom. The fourth-order valence-electron chi connectivity index (χ4n) is 2.61. The molecule has 9 heteroatoms. The number of aliphatic carboxylic acids is 1. The number of nitro groups is 1. The van der Waals surface area contributed by atoms with Crippen molar-refractivity contribution in [2.75, 3.05) is 6.54 Å². The second-order valence-electron chi connectivity index (χ2n) is 5.19. The normalized spacial score (nSPS) is 17.3. The highest BCUT2D eigenvalue weighted by molar-refractivity contribution is 6.08. The number of benzene rings is 1. The summed E-state index contributed by atoms with van der Waals surface area (Å²) in [6.07, 6.45) is -0.504. The molecule has 0 aromatic heterocycles. The lowest BCUT2D eigenvalue weighted by atomic mass is 9.96. The molecule has 0 bridgehead atoms. The minimum Gasteiger partial charge on any atom is -0.550 e. The van der Waals surface area contributed by atoms with Crippen LogP contribution in [0.1, 0.15) is 24.9 Å². The van der Waals surface area contributed by atoms with Crippen molar-refractivity contribution in [1.29, 1.82) is 0 Å². The first-order valence-corrected chi connectivity index (χ1v) is 6.93. The standard InChI is InChI=1S/C15H14N2O7/c1-8(18)12-13(9-3-2-4-10(7-9)17(23)24)16(6-5-11(19)20)15(22)14(12)21/h2-4,7,13,21H,5-6H2,1H3,(H,19,20)/p-1. The van der Waals surface area contributed by atoms with Crippen LogP contribution in [0, 0.1) is 10.1 Å². The van der Waals surface area contributed by atoms with Gasteiger partial charge in [0.05, 0.1) is 16.5 Å². The topological polar surface area (TPSA) is 141 Å². The Bertz CT molecular complexity index is 769. The number of carboxylic acid groups (broad SMARTS) is 1.